The van der Waals surface area contributed by atoms with Gasteiger partial charge in [0.05, 0.1) is 5.56 Å². The predicted octanol–water partition coefficient (Wildman–Crippen LogP) is 3.05. The van der Waals surface area contributed by atoms with Gasteiger partial charge in [0.1, 0.15) is 5.71 Å². The molecule has 96 valence electrons. The minimum atomic E-state index is -0.559. The number of ketones is 1. The first kappa shape index (κ1) is 13.4. The van der Waals surface area contributed by atoms with Crippen LogP contribution in [0.25, 0.3) is 0 Å². The van der Waals surface area contributed by atoms with Crippen molar-refractivity contribution in [2.75, 3.05) is 0 Å². The maximum Gasteiger partial charge on any atom is 0.366 e. The molecule has 5 heteroatoms. The van der Waals surface area contributed by atoms with Gasteiger partial charge >= 0.3 is 5.97 Å². The molecule has 0 unspecified atom stereocenters. The lowest BCUT2D eigenvalue weighted by atomic mass is 10.1. The van der Waals surface area contributed by atoms with E-state index in [0.717, 1.165) is 0 Å². The highest BCUT2D eigenvalue weighted by atomic mass is 79.9. The Morgan fingerprint density at radius 2 is 2.00 bits per heavy atom. The molecule has 0 radical (unpaired) electrons. The van der Waals surface area contributed by atoms with Gasteiger partial charge in [-0.3, -0.25) is 4.79 Å². The van der Waals surface area contributed by atoms with Crippen LogP contribution in [-0.2, 0) is 9.63 Å². The lowest BCUT2D eigenvalue weighted by Crippen LogP contribution is -2.08. The number of nitrogens with zero attached hydrogens (tertiary/aromatic N) is 1. The third-order valence-corrected chi connectivity index (χ3v) is 3.18. The monoisotopic (exact) mass is 319 g/mol. The van der Waals surface area contributed by atoms with E-state index in [1.165, 1.54) is 12.2 Å². The van der Waals surface area contributed by atoms with Gasteiger partial charge in [-0.25, -0.2) is 4.79 Å². The summed E-state index contributed by atoms with van der Waals surface area (Å²) in [6.45, 7) is 1.68. The molecule has 0 N–H and O–H groups in total. The molecule has 0 amide bonds. The van der Waals surface area contributed by atoms with E-state index in [4.69, 9.17) is 4.84 Å². The van der Waals surface area contributed by atoms with Crippen molar-refractivity contribution < 1.29 is 14.4 Å². The Balaban J connectivity index is 2.12. The number of hydrogen-bond donors (Lipinski definition) is 0. The molecule has 1 aliphatic rings. The molecular weight excluding hydrogens is 310 g/mol. The Morgan fingerprint density at radius 3 is 2.68 bits per heavy atom. The maximum atomic E-state index is 11.8. The van der Waals surface area contributed by atoms with E-state index >= 15 is 0 Å². The molecule has 2 rings (SSSR count). The minimum absolute atomic E-state index is 0.0731. The average molecular weight is 320 g/mol. The van der Waals surface area contributed by atoms with Crippen LogP contribution in [0.1, 0.15) is 17.3 Å². The van der Waals surface area contributed by atoms with E-state index in [1.807, 2.05) is 0 Å². The van der Waals surface area contributed by atoms with E-state index in [1.54, 1.807) is 37.3 Å². The van der Waals surface area contributed by atoms with Gasteiger partial charge in [0.2, 0.25) is 0 Å². The van der Waals surface area contributed by atoms with Gasteiger partial charge in [-0.15, -0.1) is 0 Å². The van der Waals surface area contributed by atoms with Crippen molar-refractivity contribution in [3.8, 4) is 0 Å². The lowest BCUT2D eigenvalue weighted by molar-refractivity contribution is -0.111. The third-order valence-electron chi connectivity index (χ3n) is 2.49. The van der Waals surface area contributed by atoms with Gasteiger partial charge in [0.15, 0.2) is 5.78 Å². The SMILES string of the molecule is CC1=C/C(=N/OC(=O)c2ccccc2Br)C=CC1=O. The van der Waals surface area contributed by atoms with E-state index in [0.29, 0.717) is 21.3 Å². The van der Waals surface area contributed by atoms with Gasteiger partial charge in [-0.2, -0.15) is 0 Å². The summed E-state index contributed by atoms with van der Waals surface area (Å²) in [7, 11) is 0. The fourth-order valence-corrected chi connectivity index (χ4v) is 1.91. The van der Waals surface area contributed by atoms with Crippen LogP contribution in [0.15, 0.2) is 57.7 Å². The second kappa shape index (κ2) is 5.75. The Hall–Kier alpha value is -2.01. The van der Waals surface area contributed by atoms with E-state index < -0.39 is 5.97 Å². The molecule has 19 heavy (non-hydrogen) atoms. The summed E-state index contributed by atoms with van der Waals surface area (Å²) in [4.78, 5) is 27.8. The Kier molecular flexibility index (Phi) is 4.06. The van der Waals surface area contributed by atoms with E-state index in [2.05, 4.69) is 21.1 Å². The predicted molar refractivity (Wildman–Crippen MR) is 74.9 cm³/mol. The Morgan fingerprint density at radius 1 is 1.26 bits per heavy atom. The summed E-state index contributed by atoms with van der Waals surface area (Å²) in [5.41, 5.74) is 1.37. The van der Waals surface area contributed by atoms with Crippen molar-refractivity contribution in [1.82, 2.24) is 0 Å². The van der Waals surface area contributed by atoms with Gasteiger partial charge in [-0.05, 0) is 58.8 Å². The van der Waals surface area contributed by atoms with Gasteiger partial charge < -0.3 is 4.84 Å². The van der Waals surface area contributed by atoms with Crippen molar-refractivity contribution in [2.24, 2.45) is 5.16 Å². The topological polar surface area (TPSA) is 55.7 Å². The quantitative estimate of drug-likeness (QED) is 0.478. The molecule has 1 aromatic carbocycles. The smallest absolute Gasteiger partial charge is 0.312 e. The van der Waals surface area contributed by atoms with Crippen LogP contribution >= 0.6 is 15.9 Å². The molecule has 0 bridgehead atoms. The molecule has 0 saturated heterocycles. The average Bonchev–Trinajstić information content (AvgIpc) is 2.40. The summed E-state index contributed by atoms with van der Waals surface area (Å²) in [5, 5.41) is 3.72. The largest absolute Gasteiger partial charge is 0.366 e. The van der Waals surface area contributed by atoms with E-state index in [9.17, 15) is 9.59 Å². The number of benzene rings is 1. The first-order chi connectivity index (χ1) is 9.08. The van der Waals surface area contributed by atoms with Crippen molar-refractivity contribution in [2.45, 2.75) is 6.92 Å². The zero-order valence-electron chi connectivity index (χ0n) is 10.1. The third kappa shape index (κ3) is 3.26. The second-order valence-corrected chi connectivity index (χ2v) is 4.75. The first-order valence-electron chi connectivity index (χ1n) is 5.52. The molecule has 0 saturated carbocycles. The molecule has 0 atom stereocenters. The first-order valence-corrected chi connectivity index (χ1v) is 6.32. The maximum absolute atomic E-state index is 11.8. The summed E-state index contributed by atoms with van der Waals surface area (Å²) < 4.78 is 0.640. The second-order valence-electron chi connectivity index (χ2n) is 3.90. The van der Waals surface area contributed by atoms with Crippen LogP contribution in [0.3, 0.4) is 0 Å². The zero-order chi connectivity index (χ0) is 13.8. The number of hydrogen-bond acceptors (Lipinski definition) is 4. The summed E-state index contributed by atoms with van der Waals surface area (Å²) >= 11 is 3.26. The summed E-state index contributed by atoms with van der Waals surface area (Å²) in [5.74, 6) is -0.632. The Labute approximate surface area is 118 Å². The van der Waals surface area contributed by atoms with Crippen molar-refractivity contribution in [3.05, 3.63) is 58.1 Å². The molecule has 4 nitrogen and oxygen atoms in total. The lowest BCUT2D eigenvalue weighted by Gasteiger charge is -2.04. The van der Waals surface area contributed by atoms with Gasteiger partial charge in [-0.1, -0.05) is 17.3 Å². The van der Waals surface area contributed by atoms with E-state index in [-0.39, 0.29) is 5.78 Å². The highest BCUT2D eigenvalue weighted by Crippen LogP contribution is 2.17. The van der Waals surface area contributed by atoms with Crippen molar-refractivity contribution in [3.63, 3.8) is 0 Å². The van der Waals surface area contributed by atoms with Gasteiger partial charge in [0, 0.05) is 4.47 Å². The van der Waals surface area contributed by atoms with Crippen LogP contribution in [-0.4, -0.2) is 17.5 Å². The number of halogens is 1. The van der Waals surface area contributed by atoms with Crippen LogP contribution in [0.5, 0.6) is 0 Å². The molecule has 0 aromatic heterocycles. The molecule has 0 spiro atoms. The normalized spacial score (nSPS) is 16.4. The van der Waals surface area contributed by atoms with Crippen LogP contribution in [0.4, 0.5) is 0 Å². The molecule has 0 heterocycles. The number of carbonyl (C=O) groups excluding carboxylic acids is 2. The van der Waals surface area contributed by atoms with Crippen LogP contribution in [0.2, 0.25) is 0 Å². The molecular formula is C14H10BrNO3. The molecule has 0 aliphatic heterocycles. The number of rotatable bonds is 2. The number of carbonyl (C=O) groups is 2. The van der Waals surface area contributed by atoms with Crippen molar-refractivity contribution in [1.29, 1.82) is 0 Å². The zero-order valence-corrected chi connectivity index (χ0v) is 11.7. The van der Waals surface area contributed by atoms with Crippen LogP contribution in [0, 0.1) is 0 Å². The molecule has 1 aliphatic carbocycles. The highest BCUT2D eigenvalue weighted by Gasteiger charge is 2.12. The molecule has 1 aromatic rings. The fourth-order valence-electron chi connectivity index (χ4n) is 1.46. The number of allylic oxidation sites excluding steroid dienone is 4. The van der Waals surface area contributed by atoms with Crippen molar-refractivity contribution >= 4 is 33.4 Å². The molecule has 0 fully saturated rings. The highest BCUT2D eigenvalue weighted by molar-refractivity contribution is 9.10. The number of oxime groups is 1. The van der Waals surface area contributed by atoms with Crippen LogP contribution < -0.4 is 0 Å². The fraction of sp³-hybridized carbons (Fsp3) is 0.0714. The Bertz CT molecular complexity index is 629. The summed E-state index contributed by atoms with van der Waals surface area (Å²) in [6.07, 6.45) is 4.46. The minimum Gasteiger partial charge on any atom is -0.312 e. The standard InChI is InChI=1S/C14H10BrNO3/c1-9-8-10(6-7-13(9)17)16-19-14(18)11-4-2-3-5-12(11)15/h2-8H,1H3/b16-10+. The van der Waals surface area contributed by atoms with Gasteiger partial charge in [0.25, 0.3) is 0 Å². The summed E-state index contributed by atoms with van der Waals surface area (Å²) in [6, 6.07) is 6.91.